The molecule has 278 valence electrons. The predicted molar refractivity (Wildman–Crippen MR) is 246 cm³/mol. The molecule has 0 fully saturated rings. The summed E-state index contributed by atoms with van der Waals surface area (Å²) >= 11 is 0. The van der Waals surface area contributed by atoms with Crippen LogP contribution >= 0.6 is 0 Å². The minimum Gasteiger partial charge on any atom is -0.285 e. The third-order valence-corrected chi connectivity index (χ3v) is 12.9. The molecule has 4 nitrogen and oxygen atoms in total. The third-order valence-electron chi connectivity index (χ3n) is 12.9. The second-order valence-corrected chi connectivity index (χ2v) is 18.2. The van der Waals surface area contributed by atoms with Gasteiger partial charge in [0.15, 0.2) is 0 Å². The van der Waals surface area contributed by atoms with Gasteiger partial charge in [0, 0.05) is 21.5 Å². The molecule has 0 atom stereocenters. The Bertz CT molecular complexity index is 3690. The molecule has 0 unspecified atom stereocenters. The first kappa shape index (κ1) is 34.5. The molecule has 0 aliphatic carbocycles. The molecule has 11 aromatic rings. The lowest BCUT2D eigenvalue weighted by Gasteiger charge is -2.20. The van der Waals surface area contributed by atoms with Crippen LogP contribution in [0.15, 0.2) is 141 Å². The number of benzene rings is 11. The highest BCUT2D eigenvalue weighted by Crippen LogP contribution is 2.40. The van der Waals surface area contributed by atoms with Crippen molar-refractivity contribution in [3.05, 3.63) is 173 Å². The lowest BCUT2D eigenvalue weighted by Crippen LogP contribution is -2.24. The van der Waals surface area contributed by atoms with E-state index in [1.807, 2.05) is 72.8 Å². The van der Waals surface area contributed by atoms with Crippen LogP contribution < -0.4 is 21.7 Å². The van der Waals surface area contributed by atoms with Crippen LogP contribution in [0.3, 0.4) is 0 Å². The van der Waals surface area contributed by atoms with Crippen molar-refractivity contribution < 1.29 is 0 Å². The van der Waals surface area contributed by atoms with Crippen molar-refractivity contribution in [1.29, 1.82) is 0 Å². The normalized spacial score (nSPS) is 12.9. The van der Waals surface area contributed by atoms with Crippen molar-refractivity contribution >= 4 is 108 Å². The van der Waals surface area contributed by atoms with Crippen LogP contribution in [-0.4, -0.2) is 0 Å². The minimum atomic E-state index is -0.546. The maximum absolute atomic E-state index is 14.3. The molecule has 11 rings (SSSR count). The monoisotopic (exact) mass is 750 g/mol. The van der Waals surface area contributed by atoms with E-state index in [4.69, 9.17) is 0 Å². The molecule has 58 heavy (non-hydrogen) atoms. The average molecular weight is 751 g/mol. The first-order chi connectivity index (χ1) is 27.7. The van der Waals surface area contributed by atoms with Gasteiger partial charge in [-0.1, -0.05) is 163 Å². The molecular formula is C54H38O4. The Labute approximate surface area is 332 Å². The molecule has 0 amide bonds. The summed E-state index contributed by atoms with van der Waals surface area (Å²) in [5.41, 5.74) is 0.166. The van der Waals surface area contributed by atoms with Gasteiger partial charge in [0.1, 0.15) is 0 Å². The first-order valence-corrected chi connectivity index (χ1v) is 19.9. The van der Waals surface area contributed by atoms with Gasteiger partial charge in [-0.15, -0.1) is 0 Å². The number of fused-ring (bicyclic) bond motifs is 19. The molecule has 0 spiro atoms. The Hall–Kier alpha value is -6.78. The van der Waals surface area contributed by atoms with Crippen LogP contribution in [0.25, 0.3) is 108 Å². The average Bonchev–Trinajstić information content (AvgIpc) is 3.21. The number of hydrogen-bond donors (Lipinski definition) is 0. The first-order valence-electron chi connectivity index (χ1n) is 19.9. The summed E-state index contributed by atoms with van der Waals surface area (Å²) in [5, 5.41) is 15.0. The van der Waals surface area contributed by atoms with Crippen LogP contribution in [-0.2, 0) is 10.8 Å². The van der Waals surface area contributed by atoms with Gasteiger partial charge in [0.05, 0.1) is 0 Å². The molecule has 11 aromatic carbocycles. The van der Waals surface area contributed by atoms with Crippen molar-refractivity contribution in [2.45, 2.75) is 52.4 Å². The van der Waals surface area contributed by atoms with Crippen LogP contribution in [0.2, 0.25) is 0 Å². The van der Waals surface area contributed by atoms with Gasteiger partial charge in [-0.2, -0.15) is 0 Å². The van der Waals surface area contributed by atoms with Gasteiger partial charge < -0.3 is 0 Å². The Morgan fingerprint density at radius 1 is 0.259 bits per heavy atom. The van der Waals surface area contributed by atoms with Gasteiger partial charge in [0.25, 0.3) is 0 Å². The van der Waals surface area contributed by atoms with E-state index in [-0.39, 0.29) is 10.8 Å². The van der Waals surface area contributed by atoms with Crippen LogP contribution in [0.5, 0.6) is 0 Å². The Balaban J connectivity index is 1.16. The zero-order valence-corrected chi connectivity index (χ0v) is 33.2. The zero-order chi connectivity index (χ0) is 40.2. The molecule has 4 heteroatoms. The van der Waals surface area contributed by atoms with Crippen LogP contribution in [0.1, 0.15) is 52.7 Å². The van der Waals surface area contributed by atoms with E-state index < -0.39 is 21.7 Å². The van der Waals surface area contributed by atoms with Crippen molar-refractivity contribution in [2.75, 3.05) is 0 Å². The Morgan fingerprint density at radius 3 is 0.741 bits per heavy atom. The SMILES string of the molecule is CC(C)(C)c1ccc2ccc3c(ccc4c5ccc6c7ccc8c9ccc%10c%11cc(C(C)(C)C)ccc%11ccc%10c9c(=O)c(=O)c8c7ccc6c5c(=O)c(=O)c34)c2c1. The fraction of sp³-hybridized carbons (Fsp3) is 0.148. The van der Waals surface area contributed by atoms with Crippen molar-refractivity contribution in [3.63, 3.8) is 0 Å². The van der Waals surface area contributed by atoms with Gasteiger partial charge in [-0.05, 0) is 108 Å². The van der Waals surface area contributed by atoms with Crippen LogP contribution in [0, 0.1) is 0 Å². The molecule has 0 saturated heterocycles. The second-order valence-electron chi connectivity index (χ2n) is 18.2. The predicted octanol–water partition coefficient (Wildman–Crippen LogP) is 12.1. The Morgan fingerprint density at radius 2 is 0.466 bits per heavy atom. The second kappa shape index (κ2) is 11.4. The maximum atomic E-state index is 14.3. The van der Waals surface area contributed by atoms with Crippen molar-refractivity contribution in [1.82, 2.24) is 0 Å². The highest BCUT2D eigenvalue weighted by atomic mass is 16.2. The molecular weight excluding hydrogens is 713 g/mol. The lowest BCUT2D eigenvalue weighted by atomic mass is 9.84. The zero-order valence-electron chi connectivity index (χ0n) is 33.2. The molecule has 0 aliphatic heterocycles. The van der Waals surface area contributed by atoms with E-state index in [2.05, 4.69) is 90.1 Å². The van der Waals surface area contributed by atoms with Crippen LogP contribution in [0.4, 0.5) is 0 Å². The molecule has 0 aliphatic rings. The highest BCUT2D eigenvalue weighted by Gasteiger charge is 2.22. The van der Waals surface area contributed by atoms with E-state index in [1.54, 1.807) is 0 Å². The highest BCUT2D eigenvalue weighted by molar-refractivity contribution is 6.30. The van der Waals surface area contributed by atoms with E-state index >= 15 is 0 Å². The summed E-state index contributed by atoms with van der Waals surface area (Å²) in [7, 11) is 0. The summed E-state index contributed by atoms with van der Waals surface area (Å²) in [6.45, 7) is 13.1. The van der Waals surface area contributed by atoms with Gasteiger partial charge in [-0.25, -0.2) is 0 Å². The largest absolute Gasteiger partial charge is 0.285 e. The number of rotatable bonds is 0. The number of hydrogen-bond acceptors (Lipinski definition) is 4. The van der Waals surface area contributed by atoms with Gasteiger partial charge in [0.2, 0.25) is 21.7 Å². The maximum Gasteiger partial charge on any atom is 0.234 e. The molecule has 0 N–H and O–H groups in total. The van der Waals surface area contributed by atoms with E-state index in [0.717, 1.165) is 64.6 Å². The summed E-state index contributed by atoms with van der Waals surface area (Å²) in [4.78, 5) is 57.1. The van der Waals surface area contributed by atoms with Gasteiger partial charge in [-0.3, -0.25) is 19.2 Å². The summed E-state index contributed by atoms with van der Waals surface area (Å²) < 4.78 is 0. The topological polar surface area (TPSA) is 68.3 Å². The Kier molecular flexibility index (Phi) is 6.79. The fourth-order valence-electron chi connectivity index (χ4n) is 9.76. The standard InChI is InChI=1S/C54H38O4/c1-53(2,3)29-11-7-27-9-13-35-33(43(27)25-29)17-21-41-39-19-15-31-32-16-20-40-42-22-18-34-36(14-10-28-8-12-30(26-44(28)34)54(4,5)6)46(42)50(56)52(58)48(40)38(32)24-23-37(31)47(39)51(57)49(55)45(35)41/h7-26H,1-6H3. The molecule has 0 radical (unpaired) electrons. The molecule has 0 heterocycles. The fourth-order valence-corrected chi connectivity index (χ4v) is 9.76. The summed E-state index contributed by atoms with van der Waals surface area (Å²) in [5.74, 6) is 0. The third kappa shape index (κ3) is 4.57. The molecule has 0 bridgehead atoms. The van der Waals surface area contributed by atoms with Crippen molar-refractivity contribution in [2.24, 2.45) is 0 Å². The van der Waals surface area contributed by atoms with Gasteiger partial charge >= 0.3 is 0 Å². The van der Waals surface area contributed by atoms with E-state index in [1.165, 1.54) is 11.1 Å². The quantitative estimate of drug-likeness (QED) is 0.114. The van der Waals surface area contributed by atoms with Crippen molar-refractivity contribution in [3.8, 4) is 0 Å². The molecule has 0 saturated carbocycles. The van der Waals surface area contributed by atoms with E-state index in [9.17, 15) is 19.2 Å². The van der Waals surface area contributed by atoms with E-state index in [0.29, 0.717) is 43.1 Å². The summed E-state index contributed by atoms with van der Waals surface area (Å²) in [6, 6.07) is 40.5. The lowest BCUT2D eigenvalue weighted by molar-refractivity contribution is 0.591. The molecule has 0 aromatic heterocycles. The smallest absolute Gasteiger partial charge is 0.234 e. The summed E-state index contributed by atoms with van der Waals surface area (Å²) in [6.07, 6.45) is 0. The minimum absolute atomic E-state index is 0.0469.